The Labute approximate surface area is 292 Å². The third-order valence-corrected chi connectivity index (χ3v) is 9.59. The minimum atomic E-state index is -0.754. The number of amides is 3. The highest BCUT2D eigenvalue weighted by Gasteiger charge is 2.28. The van der Waals surface area contributed by atoms with E-state index in [0.717, 1.165) is 53.4 Å². The van der Waals surface area contributed by atoms with Crippen molar-refractivity contribution in [1.82, 2.24) is 30.2 Å². The predicted molar refractivity (Wildman–Crippen MR) is 192 cm³/mol. The number of ether oxygens (including phenoxy) is 1. The number of aryl methyl sites for hydroxylation is 1. The number of fused-ring (bicyclic) bond motifs is 1. The maximum absolute atomic E-state index is 14.0. The van der Waals surface area contributed by atoms with E-state index in [9.17, 15) is 19.2 Å². The number of nitrogens with one attached hydrogen (secondary N) is 4. The molecule has 1 aliphatic heterocycles. The van der Waals surface area contributed by atoms with Crippen molar-refractivity contribution in [1.29, 1.82) is 0 Å². The number of likely N-dealkylation sites (N-methyl/N-ethyl adjacent to an activating group) is 1. The van der Waals surface area contributed by atoms with Crippen molar-refractivity contribution in [3.63, 3.8) is 0 Å². The van der Waals surface area contributed by atoms with Gasteiger partial charge in [0.25, 0.3) is 17.7 Å². The van der Waals surface area contributed by atoms with Gasteiger partial charge < -0.3 is 30.5 Å². The number of carbonyl (C=O) groups is 4. The lowest BCUT2D eigenvalue weighted by atomic mass is 9.94. The van der Waals surface area contributed by atoms with E-state index in [4.69, 9.17) is 4.74 Å². The highest BCUT2D eigenvalue weighted by molar-refractivity contribution is 7.20. The second-order valence-corrected chi connectivity index (χ2v) is 13.6. The number of hydrogen-bond donors (Lipinski definition) is 4. The summed E-state index contributed by atoms with van der Waals surface area (Å²) in [5, 5.41) is 20.3. The predicted octanol–water partition coefficient (Wildman–Crippen LogP) is 5.06. The monoisotopic (exact) mass is 697 g/mol. The van der Waals surface area contributed by atoms with Crippen LogP contribution in [0.5, 0.6) is 0 Å². The first-order valence-electron chi connectivity index (χ1n) is 16.2. The van der Waals surface area contributed by atoms with Gasteiger partial charge in [0, 0.05) is 37.6 Å². The smallest absolute Gasteiger partial charge is 0.436 e. The van der Waals surface area contributed by atoms with E-state index in [1.807, 2.05) is 50.2 Å². The van der Waals surface area contributed by atoms with Crippen molar-refractivity contribution in [2.75, 3.05) is 55.4 Å². The molecule has 0 bridgehead atoms. The fourth-order valence-corrected chi connectivity index (χ4v) is 6.68. The van der Waals surface area contributed by atoms with Crippen molar-refractivity contribution in [2.45, 2.75) is 33.2 Å². The first kappa shape index (κ1) is 34.3. The SMILES string of the molecule is CCOC(=O)n1nc(NC(=O)c2ccc(N3CCN(C)CC3)cc2NC(=O)c2cc(C)[nH]n2)c2cc(C(=O)NC(C)(C)c3ccccc3)sc21. The van der Waals surface area contributed by atoms with E-state index in [0.29, 0.717) is 20.8 Å². The van der Waals surface area contributed by atoms with Gasteiger partial charge in [0.2, 0.25) is 0 Å². The molecule has 3 aromatic heterocycles. The molecule has 1 aliphatic rings. The average Bonchev–Trinajstić information content (AvgIpc) is 3.82. The fraction of sp³-hybridized carbons (Fsp3) is 0.314. The zero-order chi connectivity index (χ0) is 35.6. The molecule has 0 unspecified atom stereocenters. The summed E-state index contributed by atoms with van der Waals surface area (Å²) in [4.78, 5) is 58.7. The lowest BCUT2D eigenvalue weighted by Gasteiger charge is -2.34. The summed E-state index contributed by atoms with van der Waals surface area (Å²) in [6.45, 7) is 10.7. The Hall–Kier alpha value is -5.54. The Morgan fingerprint density at radius 1 is 0.940 bits per heavy atom. The van der Waals surface area contributed by atoms with Gasteiger partial charge in [-0.3, -0.25) is 19.5 Å². The highest BCUT2D eigenvalue weighted by Crippen LogP contribution is 2.34. The summed E-state index contributed by atoms with van der Waals surface area (Å²) < 4.78 is 6.26. The first-order valence-corrected chi connectivity index (χ1v) is 17.0. The number of hydrogen-bond acceptors (Lipinski definition) is 10. The van der Waals surface area contributed by atoms with Gasteiger partial charge in [-0.15, -0.1) is 16.4 Å². The molecule has 6 rings (SSSR count). The van der Waals surface area contributed by atoms with Crippen molar-refractivity contribution in [2.24, 2.45) is 0 Å². The van der Waals surface area contributed by atoms with E-state index in [2.05, 4.69) is 48.1 Å². The lowest BCUT2D eigenvalue weighted by Crippen LogP contribution is -2.44. The summed E-state index contributed by atoms with van der Waals surface area (Å²) in [5.41, 5.74) is 2.42. The van der Waals surface area contributed by atoms with Crippen LogP contribution in [0.25, 0.3) is 10.2 Å². The van der Waals surface area contributed by atoms with Crippen molar-refractivity contribution < 1.29 is 23.9 Å². The Bertz CT molecular complexity index is 2060. The molecule has 0 aliphatic carbocycles. The largest absolute Gasteiger partial charge is 0.448 e. The molecule has 260 valence electrons. The Kier molecular flexibility index (Phi) is 9.70. The molecule has 1 fully saturated rings. The normalized spacial score (nSPS) is 13.7. The van der Waals surface area contributed by atoms with E-state index >= 15 is 0 Å². The number of aromatic amines is 1. The van der Waals surface area contributed by atoms with Gasteiger partial charge in [-0.25, -0.2) is 4.79 Å². The quantitative estimate of drug-likeness (QED) is 0.165. The van der Waals surface area contributed by atoms with Gasteiger partial charge in [0.05, 0.1) is 33.7 Å². The van der Waals surface area contributed by atoms with E-state index in [1.54, 1.807) is 38.1 Å². The van der Waals surface area contributed by atoms with Gasteiger partial charge in [0.1, 0.15) is 4.83 Å². The summed E-state index contributed by atoms with van der Waals surface area (Å²) in [6.07, 6.45) is -0.754. The number of aromatic nitrogens is 4. The minimum absolute atomic E-state index is 0.0546. The maximum Gasteiger partial charge on any atom is 0.436 e. The Morgan fingerprint density at radius 3 is 2.36 bits per heavy atom. The molecule has 4 N–H and O–H groups in total. The van der Waals surface area contributed by atoms with Gasteiger partial charge in [-0.1, -0.05) is 30.3 Å². The number of rotatable bonds is 9. The summed E-state index contributed by atoms with van der Waals surface area (Å²) in [7, 11) is 2.07. The average molecular weight is 698 g/mol. The molecule has 0 atom stereocenters. The number of piperazine rings is 1. The number of nitrogens with zero attached hydrogens (tertiary/aromatic N) is 5. The molecular formula is C35H39N9O5S. The second-order valence-electron chi connectivity index (χ2n) is 12.6. The molecule has 0 radical (unpaired) electrons. The Balaban J connectivity index is 1.32. The molecule has 0 spiro atoms. The van der Waals surface area contributed by atoms with Crippen LogP contribution in [0.3, 0.4) is 0 Å². The number of benzene rings is 2. The summed E-state index contributed by atoms with van der Waals surface area (Å²) in [5.74, 6) is -1.37. The number of anilines is 3. The maximum atomic E-state index is 14.0. The molecule has 14 nitrogen and oxygen atoms in total. The van der Waals surface area contributed by atoms with Gasteiger partial charge in [0.15, 0.2) is 11.5 Å². The summed E-state index contributed by atoms with van der Waals surface area (Å²) >= 11 is 1.06. The zero-order valence-electron chi connectivity index (χ0n) is 28.5. The molecule has 4 heterocycles. The van der Waals surface area contributed by atoms with Gasteiger partial charge in [-0.2, -0.15) is 9.78 Å². The molecule has 15 heteroatoms. The fourth-order valence-electron chi connectivity index (χ4n) is 5.68. The molecule has 3 amide bonds. The molecule has 1 saturated heterocycles. The molecule has 5 aromatic rings. The third kappa shape index (κ3) is 7.23. The van der Waals surface area contributed by atoms with E-state index in [-0.39, 0.29) is 35.3 Å². The van der Waals surface area contributed by atoms with Crippen molar-refractivity contribution in [3.05, 3.63) is 88.1 Å². The van der Waals surface area contributed by atoms with Crippen LogP contribution in [0, 0.1) is 6.92 Å². The number of thiophene rings is 1. The van der Waals surface area contributed by atoms with Crippen LogP contribution in [0.2, 0.25) is 0 Å². The Morgan fingerprint density at radius 2 is 1.68 bits per heavy atom. The van der Waals surface area contributed by atoms with E-state index in [1.165, 1.54) is 0 Å². The van der Waals surface area contributed by atoms with Crippen molar-refractivity contribution in [3.8, 4) is 0 Å². The highest BCUT2D eigenvalue weighted by atomic mass is 32.1. The number of carbonyl (C=O) groups excluding carboxylic acids is 4. The van der Waals surface area contributed by atoms with Crippen LogP contribution in [-0.2, 0) is 10.3 Å². The van der Waals surface area contributed by atoms with Crippen LogP contribution in [0.4, 0.5) is 22.0 Å². The van der Waals surface area contributed by atoms with Crippen LogP contribution in [-0.4, -0.2) is 88.5 Å². The minimum Gasteiger partial charge on any atom is -0.448 e. The van der Waals surface area contributed by atoms with Crippen LogP contribution >= 0.6 is 11.3 Å². The second kappa shape index (κ2) is 14.1. The van der Waals surface area contributed by atoms with Gasteiger partial charge in [-0.05, 0) is 70.6 Å². The summed E-state index contributed by atoms with van der Waals surface area (Å²) in [6, 6.07) is 18.0. The van der Waals surface area contributed by atoms with E-state index < -0.39 is 23.4 Å². The van der Waals surface area contributed by atoms with Gasteiger partial charge >= 0.3 is 6.09 Å². The lowest BCUT2D eigenvalue weighted by molar-refractivity contribution is 0.0915. The topological polar surface area (TPSA) is 167 Å². The molecular weight excluding hydrogens is 659 g/mol. The molecule has 50 heavy (non-hydrogen) atoms. The van der Waals surface area contributed by atoms with Crippen LogP contribution in [0.1, 0.15) is 62.5 Å². The number of H-pyrrole nitrogens is 1. The standard InChI is InChI=1S/C35H39N9O5S/c1-6-49-34(48)44-33-25(20-28(50-33)32(47)38-35(3,4)22-10-8-7-9-11-22)29(41-44)37-30(45)24-13-12-23(43-16-14-42(5)15-17-43)19-26(24)36-31(46)27-18-21(2)39-40-27/h7-13,18-20H,6,14-17H2,1-5H3,(H,36,46)(H,38,47)(H,39,40)(H,37,41,45). The van der Waals surface area contributed by atoms with Crippen molar-refractivity contribution >= 4 is 62.6 Å². The third-order valence-electron chi connectivity index (χ3n) is 8.48. The van der Waals surface area contributed by atoms with Crippen LogP contribution < -0.4 is 20.9 Å². The van der Waals surface area contributed by atoms with Crippen LogP contribution in [0.15, 0.2) is 60.7 Å². The molecule has 2 aromatic carbocycles. The zero-order valence-corrected chi connectivity index (χ0v) is 29.3. The molecule has 0 saturated carbocycles. The first-order chi connectivity index (χ1) is 23.9.